The zero-order chi connectivity index (χ0) is 19.9. The van der Waals surface area contributed by atoms with Crippen molar-refractivity contribution in [2.75, 3.05) is 33.1 Å². The number of amides is 2. The van der Waals surface area contributed by atoms with Gasteiger partial charge in [-0.2, -0.15) is 0 Å². The van der Waals surface area contributed by atoms with Crippen molar-refractivity contribution in [1.82, 2.24) is 15.2 Å². The number of hydrogen-bond acceptors (Lipinski definition) is 5. The summed E-state index contributed by atoms with van der Waals surface area (Å²) in [7, 11) is 5.63. The predicted octanol–water partition coefficient (Wildman–Crippen LogP) is 4.24. The monoisotopic (exact) mass is 396 g/mol. The zero-order valence-electron chi connectivity index (χ0n) is 16.2. The second-order valence-electron chi connectivity index (χ2n) is 6.50. The molecule has 0 saturated heterocycles. The van der Waals surface area contributed by atoms with Gasteiger partial charge in [0.1, 0.15) is 10.8 Å². The quantitative estimate of drug-likeness (QED) is 0.627. The molecule has 0 radical (unpaired) electrons. The minimum absolute atomic E-state index is 0.0592. The molecule has 28 heavy (non-hydrogen) atoms. The predicted molar refractivity (Wildman–Crippen MR) is 114 cm³/mol. The molecule has 146 valence electrons. The van der Waals surface area contributed by atoms with E-state index in [0.29, 0.717) is 6.54 Å². The molecule has 7 heteroatoms. The Labute approximate surface area is 169 Å². The van der Waals surface area contributed by atoms with Crippen molar-refractivity contribution >= 4 is 23.1 Å². The fourth-order valence-electron chi connectivity index (χ4n) is 2.85. The van der Waals surface area contributed by atoms with Crippen LogP contribution in [0.5, 0.6) is 5.75 Å². The van der Waals surface area contributed by atoms with Gasteiger partial charge in [-0.25, -0.2) is 9.78 Å². The summed E-state index contributed by atoms with van der Waals surface area (Å²) in [6, 6.07) is 15.4. The van der Waals surface area contributed by atoms with Crippen LogP contribution < -0.4 is 15.4 Å². The Morgan fingerprint density at radius 3 is 2.43 bits per heavy atom. The van der Waals surface area contributed by atoms with Crippen molar-refractivity contribution in [2.24, 2.45) is 0 Å². The lowest BCUT2D eigenvalue weighted by Crippen LogP contribution is -2.36. The number of thiazole rings is 1. The molecule has 0 saturated carbocycles. The molecule has 6 nitrogen and oxygen atoms in total. The van der Waals surface area contributed by atoms with E-state index in [4.69, 9.17) is 4.74 Å². The zero-order valence-corrected chi connectivity index (χ0v) is 17.0. The summed E-state index contributed by atoms with van der Waals surface area (Å²) < 4.78 is 5.21. The van der Waals surface area contributed by atoms with E-state index in [9.17, 15) is 4.79 Å². The molecule has 1 aromatic heterocycles. The fraction of sp³-hybridized carbons (Fsp3) is 0.238. The van der Waals surface area contributed by atoms with E-state index in [1.54, 1.807) is 24.6 Å². The fourth-order valence-corrected chi connectivity index (χ4v) is 3.50. The van der Waals surface area contributed by atoms with Gasteiger partial charge in [0.25, 0.3) is 0 Å². The average Bonchev–Trinajstić information content (AvgIpc) is 3.24. The van der Waals surface area contributed by atoms with Gasteiger partial charge < -0.3 is 20.3 Å². The molecular weight excluding hydrogens is 372 g/mol. The van der Waals surface area contributed by atoms with E-state index in [2.05, 4.69) is 20.5 Å². The van der Waals surface area contributed by atoms with Gasteiger partial charge in [-0.3, -0.25) is 0 Å². The first kappa shape index (κ1) is 19.9. The Hall–Kier alpha value is -2.90. The molecule has 0 aliphatic carbocycles. The minimum Gasteiger partial charge on any atom is -0.497 e. The van der Waals surface area contributed by atoms with Crippen molar-refractivity contribution in [3.8, 4) is 16.3 Å². The number of ether oxygens (including phenoxy) is 1. The van der Waals surface area contributed by atoms with Crippen LogP contribution >= 0.6 is 11.3 Å². The minimum atomic E-state index is -0.234. The Bertz CT molecular complexity index is 878. The van der Waals surface area contributed by atoms with Crippen molar-refractivity contribution in [3.63, 3.8) is 0 Å². The number of anilines is 1. The van der Waals surface area contributed by atoms with Crippen LogP contribution in [0.2, 0.25) is 0 Å². The number of benzene rings is 2. The van der Waals surface area contributed by atoms with Crippen molar-refractivity contribution in [2.45, 2.75) is 6.04 Å². The average molecular weight is 397 g/mol. The van der Waals surface area contributed by atoms with Crippen LogP contribution in [-0.4, -0.2) is 43.7 Å². The standard InChI is InChI=1S/C21H24N4O2S/c1-25(2)19(15-6-10-18(27-3)11-7-15)14-23-21(26)24-17-8-4-16(5-9-17)20-22-12-13-28-20/h4-13,19H,14H2,1-3H3,(H2,23,24,26). The number of nitrogens with zero attached hydrogens (tertiary/aromatic N) is 2. The molecular formula is C21H24N4O2S. The number of rotatable bonds is 7. The van der Waals surface area contributed by atoms with Crippen LogP contribution in [0.3, 0.4) is 0 Å². The van der Waals surface area contributed by atoms with Crippen LogP contribution in [-0.2, 0) is 0 Å². The lowest BCUT2D eigenvalue weighted by Gasteiger charge is -2.25. The maximum Gasteiger partial charge on any atom is 0.319 e. The highest BCUT2D eigenvalue weighted by Crippen LogP contribution is 2.23. The van der Waals surface area contributed by atoms with Gasteiger partial charge in [0, 0.05) is 29.4 Å². The highest BCUT2D eigenvalue weighted by atomic mass is 32.1. The molecule has 0 aliphatic heterocycles. The lowest BCUT2D eigenvalue weighted by molar-refractivity contribution is 0.243. The van der Waals surface area contributed by atoms with Crippen molar-refractivity contribution in [1.29, 1.82) is 0 Å². The summed E-state index contributed by atoms with van der Waals surface area (Å²) in [5.74, 6) is 0.813. The molecule has 0 aliphatic rings. The van der Waals surface area contributed by atoms with E-state index in [-0.39, 0.29) is 12.1 Å². The first-order valence-corrected chi connectivity index (χ1v) is 9.80. The molecule has 2 aromatic carbocycles. The van der Waals surface area contributed by atoms with Gasteiger partial charge in [-0.1, -0.05) is 12.1 Å². The van der Waals surface area contributed by atoms with Crippen LogP contribution in [0.4, 0.5) is 10.5 Å². The summed E-state index contributed by atoms with van der Waals surface area (Å²) in [5, 5.41) is 8.73. The number of hydrogen-bond donors (Lipinski definition) is 2. The number of likely N-dealkylation sites (N-methyl/N-ethyl adjacent to an activating group) is 1. The summed E-state index contributed by atoms with van der Waals surface area (Å²) in [4.78, 5) is 18.7. The van der Waals surface area contributed by atoms with E-state index in [0.717, 1.165) is 27.6 Å². The first-order chi connectivity index (χ1) is 13.6. The van der Waals surface area contributed by atoms with Gasteiger partial charge in [-0.05, 0) is 56.1 Å². The van der Waals surface area contributed by atoms with E-state index in [1.165, 1.54) is 0 Å². The normalized spacial score (nSPS) is 11.9. The van der Waals surface area contributed by atoms with E-state index < -0.39 is 0 Å². The Balaban J connectivity index is 1.57. The number of methoxy groups -OCH3 is 1. The Kier molecular flexibility index (Phi) is 6.62. The van der Waals surface area contributed by atoms with Gasteiger partial charge in [0.2, 0.25) is 0 Å². The van der Waals surface area contributed by atoms with Crippen LogP contribution in [0, 0.1) is 0 Å². The Morgan fingerprint density at radius 1 is 1.14 bits per heavy atom. The molecule has 1 heterocycles. The third-order valence-corrected chi connectivity index (χ3v) is 5.22. The number of carbonyl (C=O) groups excluding carboxylic acids is 1. The van der Waals surface area contributed by atoms with Crippen molar-refractivity contribution in [3.05, 3.63) is 65.7 Å². The Morgan fingerprint density at radius 2 is 1.86 bits per heavy atom. The van der Waals surface area contributed by atoms with Crippen LogP contribution in [0.1, 0.15) is 11.6 Å². The molecule has 2 amide bonds. The summed E-state index contributed by atoms with van der Waals surface area (Å²) in [6.07, 6.45) is 1.78. The lowest BCUT2D eigenvalue weighted by atomic mass is 10.1. The van der Waals surface area contributed by atoms with E-state index in [1.807, 2.05) is 68.0 Å². The molecule has 3 rings (SSSR count). The molecule has 2 N–H and O–H groups in total. The maximum absolute atomic E-state index is 12.3. The third-order valence-electron chi connectivity index (χ3n) is 4.40. The van der Waals surface area contributed by atoms with Crippen molar-refractivity contribution < 1.29 is 9.53 Å². The number of nitrogens with one attached hydrogen (secondary N) is 2. The molecule has 0 spiro atoms. The molecule has 0 fully saturated rings. The first-order valence-electron chi connectivity index (χ1n) is 8.92. The largest absolute Gasteiger partial charge is 0.497 e. The maximum atomic E-state index is 12.3. The molecule has 3 aromatic rings. The summed E-state index contributed by atoms with van der Waals surface area (Å²) in [6.45, 7) is 0.488. The number of carbonyl (C=O) groups is 1. The molecule has 1 unspecified atom stereocenters. The van der Waals surface area contributed by atoms with E-state index >= 15 is 0 Å². The van der Waals surface area contributed by atoms with Gasteiger partial charge in [-0.15, -0.1) is 11.3 Å². The topological polar surface area (TPSA) is 66.5 Å². The van der Waals surface area contributed by atoms with Crippen LogP contribution in [0.15, 0.2) is 60.1 Å². The number of urea groups is 1. The van der Waals surface area contributed by atoms with Crippen LogP contribution in [0.25, 0.3) is 10.6 Å². The van der Waals surface area contributed by atoms with Gasteiger partial charge >= 0.3 is 6.03 Å². The van der Waals surface area contributed by atoms with Gasteiger partial charge in [0.05, 0.1) is 13.2 Å². The smallest absolute Gasteiger partial charge is 0.319 e. The highest BCUT2D eigenvalue weighted by Gasteiger charge is 2.15. The summed E-state index contributed by atoms with van der Waals surface area (Å²) in [5.41, 5.74) is 2.88. The summed E-state index contributed by atoms with van der Waals surface area (Å²) >= 11 is 1.59. The number of aromatic nitrogens is 1. The van der Waals surface area contributed by atoms with Gasteiger partial charge in [0.15, 0.2) is 0 Å². The molecule has 1 atom stereocenters. The SMILES string of the molecule is COc1ccc(C(CNC(=O)Nc2ccc(-c3nccs3)cc2)N(C)C)cc1. The third kappa shape index (κ3) is 5.09. The molecule has 0 bridgehead atoms. The highest BCUT2D eigenvalue weighted by molar-refractivity contribution is 7.13. The second-order valence-corrected chi connectivity index (χ2v) is 7.40. The second kappa shape index (κ2) is 9.34.